The van der Waals surface area contributed by atoms with E-state index in [1.165, 1.54) is 5.56 Å². The third-order valence-electron chi connectivity index (χ3n) is 3.81. The maximum absolute atomic E-state index is 6.22. The molecule has 0 aliphatic carbocycles. The molecule has 2 heterocycles. The average molecular weight is 318 g/mol. The van der Waals surface area contributed by atoms with Gasteiger partial charge in [-0.25, -0.2) is 0 Å². The molecule has 22 heavy (non-hydrogen) atoms. The van der Waals surface area contributed by atoms with Gasteiger partial charge in [0.05, 0.1) is 6.21 Å². The monoisotopic (exact) mass is 317 g/mol. The highest BCUT2D eigenvalue weighted by atomic mass is 35.5. The minimum absolute atomic E-state index is 0.802. The fourth-order valence-corrected chi connectivity index (χ4v) is 2.74. The summed E-state index contributed by atoms with van der Waals surface area (Å²) in [5.74, 6) is 1.71. The van der Waals surface area contributed by atoms with E-state index in [9.17, 15) is 0 Å². The largest absolute Gasteiger partial charge is 0.460 e. The lowest BCUT2D eigenvalue weighted by Crippen LogP contribution is -2.43. The molecule has 1 aliphatic heterocycles. The zero-order chi connectivity index (χ0) is 15.4. The Bertz CT molecular complexity index is 645. The number of aryl methyl sites for hydroxylation is 1. The average Bonchev–Trinajstić information content (AvgIpc) is 2.94. The summed E-state index contributed by atoms with van der Waals surface area (Å²) in [6.45, 7) is 6.64. The van der Waals surface area contributed by atoms with Crippen LogP contribution in [0.4, 0.5) is 0 Å². The Balaban J connectivity index is 1.50. The Morgan fingerprint density at radius 3 is 2.59 bits per heavy atom. The Labute approximate surface area is 136 Å². The second-order valence-electron chi connectivity index (χ2n) is 5.51. The highest BCUT2D eigenvalue weighted by Gasteiger charge is 2.16. The molecule has 4 nitrogen and oxygen atoms in total. The Morgan fingerprint density at radius 2 is 1.91 bits per heavy atom. The van der Waals surface area contributed by atoms with Gasteiger partial charge >= 0.3 is 0 Å². The van der Waals surface area contributed by atoms with Crippen molar-refractivity contribution < 1.29 is 4.42 Å². The topological polar surface area (TPSA) is 32.0 Å². The molecular weight excluding hydrogens is 298 g/mol. The van der Waals surface area contributed by atoms with E-state index in [4.69, 9.17) is 16.0 Å². The van der Waals surface area contributed by atoms with Crippen molar-refractivity contribution in [2.75, 3.05) is 26.2 Å². The van der Waals surface area contributed by atoms with Crippen LogP contribution in [0.2, 0.25) is 5.02 Å². The number of hydrazone groups is 1. The van der Waals surface area contributed by atoms with Crippen molar-refractivity contribution in [3.8, 4) is 0 Å². The summed E-state index contributed by atoms with van der Waals surface area (Å²) >= 11 is 6.22. The van der Waals surface area contributed by atoms with E-state index in [0.717, 1.165) is 49.3 Å². The molecule has 0 bridgehead atoms. The van der Waals surface area contributed by atoms with Gasteiger partial charge in [-0.2, -0.15) is 5.10 Å². The highest BCUT2D eigenvalue weighted by Crippen LogP contribution is 2.18. The minimum atomic E-state index is 0.802. The molecule has 0 saturated carbocycles. The van der Waals surface area contributed by atoms with Crippen LogP contribution in [-0.2, 0) is 6.54 Å². The third-order valence-corrected chi connectivity index (χ3v) is 4.18. The summed E-state index contributed by atoms with van der Waals surface area (Å²) in [4.78, 5) is 2.41. The molecule has 1 aliphatic rings. The van der Waals surface area contributed by atoms with Crippen molar-refractivity contribution in [1.29, 1.82) is 0 Å². The molecule has 0 amide bonds. The van der Waals surface area contributed by atoms with Crippen molar-refractivity contribution in [2.24, 2.45) is 5.10 Å². The lowest BCUT2D eigenvalue weighted by atomic mass is 10.2. The van der Waals surface area contributed by atoms with Gasteiger partial charge in [-0.05, 0) is 30.7 Å². The van der Waals surface area contributed by atoms with Gasteiger partial charge in [0.25, 0.3) is 0 Å². The summed E-state index contributed by atoms with van der Waals surface area (Å²) in [6, 6.07) is 11.9. The smallest absolute Gasteiger partial charge is 0.147 e. The van der Waals surface area contributed by atoms with Gasteiger partial charge in [0.2, 0.25) is 0 Å². The predicted molar refractivity (Wildman–Crippen MR) is 89.3 cm³/mol. The molecule has 1 fully saturated rings. The second kappa shape index (κ2) is 6.99. The number of hydrogen-bond donors (Lipinski definition) is 0. The first-order valence-corrected chi connectivity index (χ1v) is 7.89. The summed E-state index contributed by atoms with van der Waals surface area (Å²) in [7, 11) is 0. The number of hydrogen-bond acceptors (Lipinski definition) is 4. The molecular formula is C17H20ClN3O. The van der Waals surface area contributed by atoms with Gasteiger partial charge in [0.1, 0.15) is 11.5 Å². The van der Waals surface area contributed by atoms with Crippen LogP contribution in [0.3, 0.4) is 0 Å². The molecule has 5 heteroatoms. The quantitative estimate of drug-likeness (QED) is 0.810. The number of halogens is 1. The van der Waals surface area contributed by atoms with Crippen LogP contribution in [0.5, 0.6) is 0 Å². The molecule has 0 unspecified atom stereocenters. The number of furan rings is 1. The summed E-state index contributed by atoms with van der Waals surface area (Å²) in [6.07, 6.45) is 1.79. The van der Waals surface area contributed by atoms with Crippen LogP contribution >= 0.6 is 11.6 Å². The third kappa shape index (κ3) is 3.90. The fourth-order valence-electron chi connectivity index (χ4n) is 2.54. The maximum atomic E-state index is 6.22. The molecule has 1 aromatic heterocycles. The Hall–Kier alpha value is -1.78. The molecule has 0 atom stereocenters. The first kappa shape index (κ1) is 15.1. The van der Waals surface area contributed by atoms with Crippen LogP contribution in [0.15, 0.2) is 45.9 Å². The molecule has 1 aromatic carbocycles. The molecule has 0 spiro atoms. The zero-order valence-electron chi connectivity index (χ0n) is 12.7. The predicted octanol–water partition coefficient (Wildman–Crippen LogP) is 3.39. The van der Waals surface area contributed by atoms with Gasteiger partial charge in [0.15, 0.2) is 0 Å². The lowest BCUT2D eigenvalue weighted by molar-refractivity contribution is 0.131. The number of benzene rings is 1. The maximum Gasteiger partial charge on any atom is 0.147 e. The van der Waals surface area contributed by atoms with E-state index in [2.05, 4.69) is 21.1 Å². The summed E-state index contributed by atoms with van der Waals surface area (Å²) in [5, 5.41) is 7.42. The van der Waals surface area contributed by atoms with Crippen molar-refractivity contribution >= 4 is 17.8 Å². The number of piperazine rings is 1. The van der Waals surface area contributed by atoms with E-state index in [1.807, 2.05) is 37.3 Å². The van der Waals surface area contributed by atoms with Gasteiger partial charge in [-0.15, -0.1) is 0 Å². The summed E-state index contributed by atoms with van der Waals surface area (Å²) in [5.41, 5.74) is 1.19. The number of nitrogens with zero attached hydrogens (tertiary/aromatic N) is 3. The second-order valence-corrected chi connectivity index (χ2v) is 5.92. The van der Waals surface area contributed by atoms with Crippen LogP contribution in [-0.4, -0.2) is 42.3 Å². The van der Waals surface area contributed by atoms with E-state index in [0.29, 0.717) is 0 Å². The van der Waals surface area contributed by atoms with E-state index in [-0.39, 0.29) is 0 Å². The SMILES string of the molecule is Cc1ccc(C=NN2CCN(Cc3ccccc3Cl)CC2)o1. The van der Waals surface area contributed by atoms with E-state index < -0.39 is 0 Å². The standard InChI is InChI=1S/C17H20ClN3O/c1-14-6-7-16(22-14)12-19-21-10-8-20(9-11-21)13-15-4-2-3-5-17(15)18/h2-7,12H,8-11,13H2,1H3. The summed E-state index contributed by atoms with van der Waals surface area (Å²) < 4.78 is 5.49. The molecule has 0 N–H and O–H groups in total. The van der Waals surface area contributed by atoms with Crippen LogP contribution in [0.1, 0.15) is 17.1 Å². The first-order valence-electron chi connectivity index (χ1n) is 7.52. The normalized spacial score (nSPS) is 16.5. The molecule has 3 rings (SSSR count). The van der Waals surface area contributed by atoms with Crippen LogP contribution in [0.25, 0.3) is 0 Å². The molecule has 1 saturated heterocycles. The van der Waals surface area contributed by atoms with Gasteiger partial charge in [-0.1, -0.05) is 29.8 Å². The van der Waals surface area contributed by atoms with Gasteiger partial charge in [-0.3, -0.25) is 9.91 Å². The highest BCUT2D eigenvalue weighted by molar-refractivity contribution is 6.31. The van der Waals surface area contributed by atoms with Crippen molar-refractivity contribution in [3.63, 3.8) is 0 Å². The fraction of sp³-hybridized carbons (Fsp3) is 0.353. The zero-order valence-corrected chi connectivity index (χ0v) is 13.5. The van der Waals surface area contributed by atoms with Crippen LogP contribution in [0, 0.1) is 6.92 Å². The number of rotatable bonds is 4. The van der Waals surface area contributed by atoms with Gasteiger partial charge < -0.3 is 4.42 Å². The Morgan fingerprint density at radius 1 is 1.14 bits per heavy atom. The molecule has 116 valence electrons. The van der Waals surface area contributed by atoms with E-state index >= 15 is 0 Å². The van der Waals surface area contributed by atoms with Crippen molar-refractivity contribution in [2.45, 2.75) is 13.5 Å². The molecule has 2 aromatic rings. The lowest BCUT2D eigenvalue weighted by Gasteiger charge is -2.33. The van der Waals surface area contributed by atoms with Crippen molar-refractivity contribution in [3.05, 3.63) is 58.5 Å². The first-order chi connectivity index (χ1) is 10.7. The Kier molecular flexibility index (Phi) is 4.80. The van der Waals surface area contributed by atoms with Crippen LogP contribution < -0.4 is 0 Å². The van der Waals surface area contributed by atoms with Gasteiger partial charge in [0, 0.05) is 37.7 Å². The van der Waals surface area contributed by atoms with E-state index in [1.54, 1.807) is 6.21 Å². The molecule has 0 radical (unpaired) electrons. The van der Waals surface area contributed by atoms with Crippen molar-refractivity contribution in [1.82, 2.24) is 9.91 Å². The minimum Gasteiger partial charge on any atom is -0.460 e.